The van der Waals surface area contributed by atoms with Gasteiger partial charge in [-0.25, -0.2) is 0 Å². The molecule has 0 saturated heterocycles. The van der Waals surface area contributed by atoms with Crippen LogP contribution in [0.15, 0.2) is 10.6 Å². The van der Waals surface area contributed by atoms with Crippen LogP contribution in [0, 0.1) is 6.92 Å². The number of hydrogen-bond acceptors (Lipinski definition) is 6. The van der Waals surface area contributed by atoms with Crippen molar-refractivity contribution in [2.45, 2.75) is 20.3 Å². The van der Waals surface area contributed by atoms with E-state index in [1.165, 1.54) is 12.0 Å². The maximum atomic E-state index is 11.9. The first-order valence-electron chi connectivity index (χ1n) is 5.97. The lowest BCUT2D eigenvalue weighted by atomic mass is 10.4. The number of ether oxygens (including phenoxy) is 2. The molecule has 0 aromatic carbocycles. The van der Waals surface area contributed by atoms with Gasteiger partial charge < -0.3 is 18.9 Å². The van der Waals surface area contributed by atoms with Crippen molar-refractivity contribution in [2.75, 3.05) is 26.8 Å². The minimum atomic E-state index is -0.459. The fourth-order valence-corrected chi connectivity index (χ4v) is 1.42. The summed E-state index contributed by atoms with van der Waals surface area (Å²) in [5, 5.41) is 3.61. The van der Waals surface area contributed by atoms with Crippen LogP contribution in [-0.4, -0.2) is 48.7 Å². The number of carbonyl (C=O) groups is 2. The van der Waals surface area contributed by atoms with Crippen molar-refractivity contribution in [3.05, 3.63) is 11.8 Å². The highest BCUT2D eigenvalue weighted by Crippen LogP contribution is 2.09. The molecule has 0 unspecified atom stereocenters. The molecule has 106 valence electrons. The van der Waals surface area contributed by atoms with E-state index in [2.05, 4.69) is 9.89 Å². The van der Waals surface area contributed by atoms with Gasteiger partial charge in [-0.3, -0.25) is 9.59 Å². The number of hydrogen-bond donors (Lipinski definition) is 0. The van der Waals surface area contributed by atoms with Gasteiger partial charge in [-0.1, -0.05) is 6.92 Å². The molecule has 1 aromatic heterocycles. The molecule has 0 radical (unpaired) electrons. The molecule has 0 bridgehead atoms. The van der Waals surface area contributed by atoms with Crippen LogP contribution in [0.4, 0.5) is 0 Å². The summed E-state index contributed by atoms with van der Waals surface area (Å²) >= 11 is 0. The quantitative estimate of drug-likeness (QED) is 0.681. The molecule has 0 N–H and O–H groups in total. The van der Waals surface area contributed by atoms with Gasteiger partial charge in [0.1, 0.15) is 12.3 Å². The Hall–Kier alpha value is -2.05. The maximum Gasteiger partial charge on any atom is 0.325 e. The second-order valence-corrected chi connectivity index (χ2v) is 3.96. The Morgan fingerprint density at radius 3 is 2.74 bits per heavy atom. The predicted octanol–water partition coefficient (Wildman–Crippen LogP) is 0.773. The molecule has 1 amide bonds. The van der Waals surface area contributed by atoms with Crippen LogP contribution in [0.1, 0.15) is 19.1 Å². The highest BCUT2D eigenvalue weighted by molar-refractivity contribution is 5.82. The number of carbonyl (C=O) groups excluding carboxylic acids is 2. The molecule has 0 atom stereocenters. The Morgan fingerprint density at radius 1 is 1.47 bits per heavy atom. The van der Waals surface area contributed by atoms with Gasteiger partial charge in [-0.05, 0) is 18.5 Å². The van der Waals surface area contributed by atoms with Crippen molar-refractivity contribution in [1.29, 1.82) is 0 Å². The van der Waals surface area contributed by atoms with Crippen molar-refractivity contribution in [3.8, 4) is 5.88 Å². The van der Waals surface area contributed by atoms with Crippen LogP contribution in [0.5, 0.6) is 5.88 Å². The van der Waals surface area contributed by atoms with Crippen molar-refractivity contribution < 1.29 is 23.6 Å². The first-order chi connectivity index (χ1) is 9.06. The molecule has 0 fully saturated rings. The zero-order valence-corrected chi connectivity index (χ0v) is 11.3. The van der Waals surface area contributed by atoms with E-state index in [1.54, 1.807) is 13.0 Å². The Balaban J connectivity index is 2.49. The first-order valence-corrected chi connectivity index (χ1v) is 5.97. The smallest absolute Gasteiger partial charge is 0.325 e. The molecule has 0 saturated carbocycles. The normalized spacial score (nSPS) is 10.1. The van der Waals surface area contributed by atoms with Crippen LogP contribution < -0.4 is 4.74 Å². The summed E-state index contributed by atoms with van der Waals surface area (Å²) < 4.78 is 14.5. The van der Waals surface area contributed by atoms with Gasteiger partial charge in [0, 0.05) is 12.6 Å². The molecule has 1 heterocycles. The topological polar surface area (TPSA) is 81.9 Å². The Bertz CT molecular complexity index is 430. The summed E-state index contributed by atoms with van der Waals surface area (Å²) in [4.78, 5) is 24.5. The van der Waals surface area contributed by atoms with Crippen molar-refractivity contribution >= 4 is 11.9 Å². The number of rotatable bonds is 7. The average molecular weight is 270 g/mol. The largest absolute Gasteiger partial charge is 0.468 e. The standard InChI is InChI=1S/C12H18N2O5/c1-4-5-14(7-12(16)17-3)11(15)8-18-10-6-9(2)19-13-10/h6H,4-5,7-8H2,1-3H3. The van der Waals surface area contributed by atoms with Crippen LogP contribution in [0.2, 0.25) is 0 Å². The molecule has 1 aromatic rings. The van der Waals surface area contributed by atoms with Gasteiger partial charge in [-0.2, -0.15) is 0 Å². The molecule has 0 aliphatic rings. The number of aryl methyl sites for hydroxylation is 1. The predicted molar refractivity (Wildman–Crippen MR) is 65.6 cm³/mol. The second-order valence-electron chi connectivity index (χ2n) is 3.96. The summed E-state index contributed by atoms with van der Waals surface area (Å²) in [6, 6.07) is 1.58. The number of methoxy groups -OCH3 is 1. The van der Waals surface area contributed by atoms with Gasteiger partial charge >= 0.3 is 5.97 Å². The van der Waals surface area contributed by atoms with Crippen molar-refractivity contribution in [3.63, 3.8) is 0 Å². The van der Waals surface area contributed by atoms with E-state index in [0.29, 0.717) is 12.3 Å². The Morgan fingerprint density at radius 2 is 2.21 bits per heavy atom. The SMILES string of the molecule is CCCN(CC(=O)OC)C(=O)COc1cc(C)on1. The lowest BCUT2D eigenvalue weighted by molar-refractivity contribution is -0.147. The van der Waals surface area contributed by atoms with Gasteiger partial charge in [0.05, 0.1) is 7.11 Å². The first kappa shape index (κ1) is 15.0. The van der Waals surface area contributed by atoms with E-state index in [1.807, 2.05) is 6.92 Å². The fourth-order valence-electron chi connectivity index (χ4n) is 1.42. The fraction of sp³-hybridized carbons (Fsp3) is 0.583. The number of aromatic nitrogens is 1. The zero-order chi connectivity index (χ0) is 14.3. The summed E-state index contributed by atoms with van der Waals surface area (Å²) in [6.45, 7) is 3.84. The molecule has 7 heteroatoms. The van der Waals surface area contributed by atoms with Gasteiger partial charge in [0.25, 0.3) is 11.8 Å². The van der Waals surface area contributed by atoms with E-state index in [-0.39, 0.29) is 24.9 Å². The average Bonchev–Trinajstić information content (AvgIpc) is 2.81. The highest BCUT2D eigenvalue weighted by atomic mass is 16.5. The number of nitrogens with zero attached hydrogens (tertiary/aromatic N) is 2. The zero-order valence-electron chi connectivity index (χ0n) is 11.3. The summed E-state index contributed by atoms with van der Waals surface area (Å²) in [5.74, 6) is 0.0924. The van der Waals surface area contributed by atoms with E-state index in [4.69, 9.17) is 9.26 Å². The van der Waals surface area contributed by atoms with E-state index in [0.717, 1.165) is 6.42 Å². The summed E-state index contributed by atoms with van der Waals surface area (Å²) in [7, 11) is 1.28. The van der Waals surface area contributed by atoms with E-state index < -0.39 is 5.97 Å². The minimum Gasteiger partial charge on any atom is -0.468 e. The van der Waals surface area contributed by atoms with Gasteiger partial charge in [0.2, 0.25) is 0 Å². The van der Waals surface area contributed by atoms with Gasteiger partial charge in [-0.15, -0.1) is 0 Å². The minimum absolute atomic E-state index is 0.0790. The lowest BCUT2D eigenvalue weighted by Gasteiger charge is -2.20. The van der Waals surface area contributed by atoms with E-state index >= 15 is 0 Å². The van der Waals surface area contributed by atoms with Crippen LogP contribution in [0.25, 0.3) is 0 Å². The summed E-state index contributed by atoms with van der Waals surface area (Å²) in [6.07, 6.45) is 0.742. The second kappa shape index (κ2) is 7.40. The van der Waals surface area contributed by atoms with E-state index in [9.17, 15) is 9.59 Å². The Labute approximate surface area is 111 Å². The number of esters is 1. The third-order valence-corrected chi connectivity index (χ3v) is 2.34. The molecular weight excluding hydrogens is 252 g/mol. The molecular formula is C12H18N2O5. The van der Waals surface area contributed by atoms with Crippen molar-refractivity contribution in [1.82, 2.24) is 10.1 Å². The summed E-state index contributed by atoms with van der Waals surface area (Å²) in [5.41, 5.74) is 0. The molecule has 0 aliphatic carbocycles. The third kappa shape index (κ3) is 4.99. The monoisotopic (exact) mass is 270 g/mol. The third-order valence-electron chi connectivity index (χ3n) is 2.34. The van der Waals surface area contributed by atoms with Crippen LogP contribution in [-0.2, 0) is 14.3 Å². The Kier molecular flexibility index (Phi) is 5.84. The van der Waals surface area contributed by atoms with Gasteiger partial charge in [0.15, 0.2) is 6.61 Å². The molecule has 0 aliphatic heterocycles. The molecule has 19 heavy (non-hydrogen) atoms. The molecule has 1 rings (SSSR count). The molecule has 0 spiro atoms. The maximum absolute atomic E-state index is 11.9. The highest BCUT2D eigenvalue weighted by Gasteiger charge is 2.17. The van der Waals surface area contributed by atoms with Crippen LogP contribution >= 0.6 is 0 Å². The molecule has 7 nitrogen and oxygen atoms in total. The number of amides is 1. The van der Waals surface area contributed by atoms with Crippen LogP contribution in [0.3, 0.4) is 0 Å². The lowest BCUT2D eigenvalue weighted by Crippen LogP contribution is -2.39. The van der Waals surface area contributed by atoms with Crippen molar-refractivity contribution in [2.24, 2.45) is 0 Å².